The molecule has 0 bridgehead atoms. The van der Waals surface area contributed by atoms with E-state index in [1.165, 1.54) is 0 Å². The molecular weight excluding hydrogens is 312 g/mol. The molecule has 0 aliphatic carbocycles. The van der Waals surface area contributed by atoms with E-state index in [0.29, 0.717) is 6.61 Å². The maximum atomic E-state index is 6.01. The van der Waals surface area contributed by atoms with E-state index in [1.807, 2.05) is 4.68 Å². The highest BCUT2D eigenvalue weighted by Gasteiger charge is 2.24. The first-order valence-electron chi connectivity index (χ1n) is 8.25. The van der Waals surface area contributed by atoms with Crippen LogP contribution in [0.4, 0.5) is 0 Å². The number of aromatic nitrogens is 3. The number of ether oxygens (including phenoxy) is 2. The van der Waals surface area contributed by atoms with Gasteiger partial charge < -0.3 is 14.8 Å². The summed E-state index contributed by atoms with van der Waals surface area (Å²) in [5, 5.41) is 16.4. The maximum Gasteiger partial charge on any atom is 0.119 e. The van der Waals surface area contributed by atoms with Crippen molar-refractivity contribution in [2.45, 2.75) is 32.1 Å². The topological polar surface area (TPSA) is 61.2 Å². The lowest BCUT2D eigenvalue weighted by molar-refractivity contribution is -0.000187. The zero-order valence-electron chi connectivity index (χ0n) is 13.1. The summed E-state index contributed by atoms with van der Waals surface area (Å²) in [6, 6.07) is 2.08. The Kier molecular flexibility index (Phi) is 4.70. The maximum absolute atomic E-state index is 6.01. The minimum Gasteiger partial charge on any atom is -0.381 e. The monoisotopic (exact) mass is 334 g/mol. The van der Waals surface area contributed by atoms with Crippen LogP contribution in [0.15, 0.2) is 16.8 Å². The fraction of sp³-hybridized carbons (Fsp3) is 0.625. The Morgan fingerprint density at radius 2 is 2.22 bits per heavy atom. The number of nitrogens with zero attached hydrogens (tertiary/aromatic N) is 3. The molecule has 124 valence electrons. The lowest BCUT2D eigenvalue weighted by Crippen LogP contribution is -2.39. The van der Waals surface area contributed by atoms with Crippen LogP contribution in [-0.2, 0) is 22.6 Å². The lowest BCUT2D eigenvalue weighted by atomic mass is 10.0. The largest absolute Gasteiger partial charge is 0.381 e. The van der Waals surface area contributed by atoms with Crippen molar-refractivity contribution in [3.8, 4) is 11.3 Å². The molecule has 0 spiro atoms. The Morgan fingerprint density at radius 1 is 1.30 bits per heavy atom. The van der Waals surface area contributed by atoms with Gasteiger partial charge in [-0.25, -0.2) is 4.68 Å². The molecule has 4 heterocycles. The molecule has 1 saturated heterocycles. The van der Waals surface area contributed by atoms with Gasteiger partial charge in [-0.1, -0.05) is 5.21 Å². The molecule has 1 atom stereocenters. The number of rotatable bonds is 5. The van der Waals surface area contributed by atoms with Crippen molar-refractivity contribution >= 4 is 11.3 Å². The molecule has 1 unspecified atom stereocenters. The highest BCUT2D eigenvalue weighted by molar-refractivity contribution is 7.08. The van der Waals surface area contributed by atoms with Gasteiger partial charge in [0, 0.05) is 30.7 Å². The first kappa shape index (κ1) is 15.3. The standard InChI is InChI=1S/C16H22N4O2S/c1-4-21-5-2-12(1)7-17-8-14-9-20-15(10-22-14)16(18-19-20)13-3-6-23-11-13/h3,6,11-12,14,17H,1-2,4-5,7-10H2. The van der Waals surface area contributed by atoms with Gasteiger partial charge in [0.1, 0.15) is 5.69 Å². The normalized spacial score (nSPS) is 22.2. The number of fused-ring (bicyclic) bond motifs is 1. The van der Waals surface area contributed by atoms with Crippen LogP contribution in [-0.4, -0.2) is 47.4 Å². The second-order valence-corrected chi connectivity index (χ2v) is 7.01. The summed E-state index contributed by atoms with van der Waals surface area (Å²) >= 11 is 1.68. The zero-order valence-corrected chi connectivity index (χ0v) is 13.9. The minimum absolute atomic E-state index is 0.166. The van der Waals surface area contributed by atoms with Crippen LogP contribution >= 0.6 is 11.3 Å². The fourth-order valence-corrected chi connectivity index (χ4v) is 3.85. The van der Waals surface area contributed by atoms with Crippen LogP contribution in [0.1, 0.15) is 18.5 Å². The van der Waals surface area contributed by atoms with Crippen molar-refractivity contribution in [1.29, 1.82) is 0 Å². The fourth-order valence-electron chi connectivity index (χ4n) is 3.21. The van der Waals surface area contributed by atoms with Gasteiger partial charge in [-0.15, -0.1) is 5.10 Å². The second kappa shape index (κ2) is 7.09. The first-order valence-corrected chi connectivity index (χ1v) is 9.19. The quantitative estimate of drug-likeness (QED) is 0.905. The van der Waals surface area contributed by atoms with Crippen molar-refractivity contribution in [2.24, 2.45) is 5.92 Å². The van der Waals surface area contributed by atoms with Crippen molar-refractivity contribution < 1.29 is 9.47 Å². The van der Waals surface area contributed by atoms with Crippen molar-refractivity contribution in [3.63, 3.8) is 0 Å². The molecule has 2 aromatic heterocycles. The predicted molar refractivity (Wildman–Crippen MR) is 88.3 cm³/mol. The molecule has 0 aromatic carbocycles. The molecule has 7 heteroatoms. The number of hydrogen-bond acceptors (Lipinski definition) is 6. The van der Waals surface area contributed by atoms with Gasteiger partial charge in [-0.3, -0.25) is 0 Å². The van der Waals surface area contributed by atoms with Crippen LogP contribution in [0.3, 0.4) is 0 Å². The summed E-state index contributed by atoms with van der Waals surface area (Å²) in [5.74, 6) is 0.736. The van der Waals surface area contributed by atoms with Crippen molar-refractivity contribution in [1.82, 2.24) is 20.3 Å². The molecular formula is C16H22N4O2S. The summed E-state index contributed by atoms with van der Waals surface area (Å²) < 4.78 is 13.4. The minimum atomic E-state index is 0.166. The SMILES string of the molecule is c1cc(-c2nnn3c2COC(CNCC2CCOCC2)C3)cs1. The van der Waals surface area contributed by atoms with Crippen LogP contribution in [0.25, 0.3) is 11.3 Å². The lowest BCUT2D eigenvalue weighted by Gasteiger charge is -2.26. The number of nitrogens with one attached hydrogen (secondary N) is 1. The first-order chi connectivity index (χ1) is 11.4. The summed E-state index contributed by atoms with van der Waals surface area (Å²) in [4.78, 5) is 0. The van der Waals surface area contributed by atoms with Gasteiger partial charge in [-0.05, 0) is 36.8 Å². The summed E-state index contributed by atoms with van der Waals surface area (Å²) in [6.07, 6.45) is 2.49. The molecule has 6 nitrogen and oxygen atoms in total. The smallest absolute Gasteiger partial charge is 0.119 e. The molecule has 0 radical (unpaired) electrons. The van der Waals surface area contributed by atoms with E-state index in [2.05, 4.69) is 32.5 Å². The Morgan fingerprint density at radius 3 is 3.04 bits per heavy atom. The van der Waals surface area contributed by atoms with E-state index >= 15 is 0 Å². The molecule has 0 saturated carbocycles. The third-order valence-electron chi connectivity index (χ3n) is 4.61. The van der Waals surface area contributed by atoms with Crippen LogP contribution < -0.4 is 5.32 Å². The van der Waals surface area contributed by atoms with Crippen molar-refractivity contribution in [3.05, 3.63) is 22.5 Å². The van der Waals surface area contributed by atoms with E-state index in [9.17, 15) is 0 Å². The van der Waals surface area contributed by atoms with Gasteiger partial charge in [0.2, 0.25) is 0 Å². The van der Waals surface area contributed by atoms with E-state index in [-0.39, 0.29) is 6.10 Å². The molecule has 1 fully saturated rings. The molecule has 2 aliphatic heterocycles. The van der Waals surface area contributed by atoms with Gasteiger partial charge in [0.25, 0.3) is 0 Å². The Bertz CT molecular complexity index is 622. The average molecular weight is 334 g/mol. The highest BCUT2D eigenvalue weighted by Crippen LogP contribution is 2.26. The summed E-state index contributed by atoms with van der Waals surface area (Å²) in [7, 11) is 0. The summed E-state index contributed by atoms with van der Waals surface area (Å²) in [5.41, 5.74) is 3.18. The third kappa shape index (κ3) is 3.47. The van der Waals surface area contributed by atoms with Crippen LogP contribution in [0.2, 0.25) is 0 Å². The average Bonchev–Trinajstić information content (AvgIpc) is 3.24. The molecule has 0 amide bonds. The number of thiophene rings is 1. The molecule has 2 aliphatic rings. The van der Waals surface area contributed by atoms with Crippen LogP contribution in [0, 0.1) is 5.92 Å². The van der Waals surface area contributed by atoms with Gasteiger partial charge in [0.15, 0.2) is 0 Å². The second-order valence-electron chi connectivity index (χ2n) is 6.23. The van der Waals surface area contributed by atoms with E-state index in [1.54, 1.807) is 11.3 Å². The number of hydrogen-bond donors (Lipinski definition) is 1. The molecule has 1 N–H and O–H groups in total. The molecule has 23 heavy (non-hydrogen) atoms. The third-order valence-corrected chi connectivity index (χ3v) is 5.29. The Labute approximate surface area is 139 Å². The molecule has 4 rings (SSSR count). The molecule has 2 aromatic rings. The van der Waals surface area contributed by atoms with Crippen LogP contribution in [0.5, 0.6) is 0 Å². The predicted octanol–water partition coefficient (Wildman–Crippen LogP) is 1.92. The van der Waals surface area contributed by atoms with Gasteiger partial charge in [0.05, 0.1) is 24.9 Å². The summed E-state index contributed by atoms with van der Waals surface area (Å²) in [6.45, 7) is 5.08. The van der Waals surface area contributed by atoms with Gasteiger partial charge in [-0.2, -0.15) is 11.3 Å². The Balaban J connectivity index is 1.31. The van der Waals surface area contributed by atoms with Gasteiger partial charge >= 0.3 is 0 Å². The van der Waals surface area contributed by atoms with E-state index in [0.717, 1.165) is 68.6 Å². The van der Waals surface area contributed by atoms with E-state index in [4.69, 9.17) is 9.47 Å². The van der Waals surface area contributed by atoms with Crippen molar-refractivity contribution in [2.75, 3.05) is 26.3 Å². The Hall–Kier alpha value is -1.28. The van der Waals surface area contributed by atoms with E-state index < -0.39 is 0 Å². The highest BCUT2D eigenvalue weighted by atomic mass is 32.1. The zero-order chi connectivity index (χ0) is 15.5.